The number of rotatable bonds is 2. The van der Waals surface area contributed by atoms with E-state index in [1.807, 2.05) is 6.07 Å². The molecule has 1 aromatic carbocycles. The first-order chi connectivity index (χ1) is 8.83. The van der Waals surface area contributed by atoms with Gasteiger partial charge in [-0.1, -0.05) is 18.9 Å². The fourth-order valence-corrected chi connectivity index (χ4v) is 2.96. The maximum Gasteiger partial charge on any atom is 0.251 e. The summed E-state index contributed by atoms with van der Waals surface area (Å²) >= 11 is 0. The summed E-state index contributed by atoms with van der Waals surface area (Å²) in [6.45, 7) is 1.94. The van der Waals surface area contributed by atoms with Crippen LogP contribution in [0.3, 0.4) is 0 Å². The molecule has 3 rings (SSSR count). The Labute approximate surface area is 108 Å². The quantitative estimate of drug-likeness (QED) is 0.835. The molecule has 1 aromatic rings. The Balaban J connectivity index is 1.73. The van der Waals surface area contributed by atoms with Gasteiger partial charge in [0.05, 0.1) is 0 Å². The monoisotopic (exact) mass is 244 g/mol. The molecule has 0 atom stereocenters. The van der Waals surface area contributed by atoms with Crippen molar-refractivity contribution in [1.29, 1.82) is 0 Å². The van der Waals surface area contributed by atoms with Gasteiger partial charge in [-0.15, -0.1) is 0 Å². The minimum Gasteiger partial charge on any atom is -0.349 e. The van der Waals surface area contributed by atoms with E-state index in [1.54, 1.807) is 0 Å². The zero-order valence-corrected chi connectivity index (χ0v) is 10.7. The van der Waals surface area contributed by atoms with Crippen molar-refractivity contribution in [2.45, 2.75) is 44.7 Å². The number of carbonyl (C=O) groups excluding carboxylic acids is 1. The van der Waals surface area contributed by atoms with Gasteiger partial charge in [-0.25, -0.2) is 0 Å². The van der Waals surface area contributed by atoms with E-state index in [1.165, 1.54) is 24.0 Å². The van der Waals surface area contributed by atoms with Crippen molar-refractivity contribution in [3.05, 3.63) is 34.9 Å². The van der Waals surface area contributed by atoms with Crippen LogP contribution in [0.5, 0.6) is 0 Å². The lowest BCUT2D eigenvalue weighted by atomic mass is 9.98. The lowest BCUT2D eigenvalue weighted by molar-refractivity contribution is 0.0937. The van der Waals surface area contributed by atoms with Crippen LogP contribution in [0.2, 0.25) is 0 Å². The van der Waals surface area contributed by atoms with Crippen LogP contribution in [0.25, 0.3) is 0 Å². The number of benzene rings is 1. The minimum atomic E-state index is 0.100. The summed E-state index contributed by atoms with van der Waals surface area (Å²) in [4.78, 5) is 12.2. The number of amides is 1. The first-order valence-electron chi connectivity index (χ1n) is 6.96. The molecule has 1 heterocycles. The van der Waals surface area contributed by atoms with E-state index in [9.17, 15) is 4.79 Å². The number of hydrogen-bond acceptors (Lipinski definition) is 2. The van der Waals surface area contributed by atoms with Crippen LogP contribution in [0.15, 0.2) is 18.2 Å². The van der Waals surface area contributed by atoms with Crippen LogP contribution < -0.4 is 10.6 Å². The van der Waals surface area contributed by atoms with Crippen molar-refractivity contribution in [2.75, 3.05) is 6.54 Å². The summed E-state index contributed by atoms with van der Waals surface area (Å²) in [7, 11) is 0. The zero-order chi connectivity index (χ0) is 12.4. The fraction of sp³-hybridized carbons (Fsp3) is 0.533. The average Bonchev–Trinajstić information content (AvgIpc) is 2.91. The zero-order valence-electron chi connectivity index (χ0n) is 10.7. The van der Waals surface area contributed by atoms with Crippen LogP contribution in [0, 0.1) is 0 Å². The second-order valence-corrected chi connectivity index (χ2v) is 5.37. The van der Waals surface area contributed by atoms with Crippen molar-refractivity contribution in [3.8, 4) is 0 Å². The molecular weight excluding hydrogens is 224 g/mol. The predicted octanol–water partition coefficient (Wildman–Crippen LogP) is 2.00. The molecule has 2 N–H and O–H groups in total. The molecule has 96 valence electrons. The summed E-state index contributed by atoms with van der Waals surface area (Å²) in [5, 5.41) is 6.50. The number of fused-ring (bicyclic) bond motifs is 1. The molecule has 0 unspecified atom stereocenters. The van der Waals surface area contributed by atoms with Gasteiger partial charge in [-0.2, -0.15) is 0 Å². The highest BCUT2D eigenvalue weighted by Crippen LogP contribution is 2.19. The standard InChI is InChI=1S/C15H20N2O/c18-15(17-14-3-1-2-4-14)12-5-6-13-10-16-8-7-11(13)9-12/h5-6,9,14,16H,1-4,7-8,10H2,(H,17,18). The maximum absolute atomic E-state index is 12.2. The highest BCUT2D eigenvalue weighted by molar-refractivity contribution is 5.94. The molecule has 1 aliphatic heterocycles. The molecule has 0 bridgehead atoms. The van der Waals surface area contributed by atoms with Gasteiger partial charge < -0.3 is 10.6 Å². The molecule has 3 heteroatoms. The normalized spacial score (nSPS) is 19.6. The Hall–Kier alpha value is -1.35. The van der Waals surface area contributed by atoms with Gasteiger partial charge in [0.25, 0.3) is 5.91 Å². The van der Waals surface area contributed by atoms with Gasteiger partial charge in [0.2, 0.25) is 0 Å². The van der Waals surface area contributed by atoms with Crippen molar-refractivity contribution in [2.24, 2.45) is 0 Å². The minimum absolute atomic E-state index is 0.100. The Morgan fingerprint density at radius 2 is 2.06 bits per heavy atom. The van der Waals surface area contributed by atoms with E-state index in [4.69, 9.17) is 0 Å². The van der Waals surface area contributed by atoms with Gasteiger partial charge in [0, 0.05) is 18.2 Å². The first-order valence-corrected chi connectivity index (χ1v) is 6.96. The Morgan fingerprint density at radius 3 is 2.89 bits per heavy atom. The number of carbonyl (C=O) groups is 1. The van der Waals surface area contributed by atoms with Crippen molar-refractivity contribution >= 4 is 5.91 Å². The third-order valence-corrected chi connectivity index (χ3v) is 4.05. The van der Waals surface area contributed by atoms with Gasteiger partial charge in [-0.05, 0) is 49.1 Å². The SMILES string of the molecule is O=C(NC1CCCC1)c1ccc2c(c1)CCNC2. The smallest absolute Gasteiger partial charge is 0.251 e. The predicted molar refractivity (Wildman–Crippen MR) is 71.6 cm³/mol. The average molecular weight is 244 g/mol. The summed E-state index contributed by atoms with van der Waals surface area (Å²) in [5.74, 6) is 0.100. The third-order valence-electron chi connectivity index (χ3n) is 4.05. The molecule has 0 spiro atoms. The van der Waals surface area contributed by atoms with Gasteiger partial charge in [0.1, 0.15) is 0 Å². The van der Waals surface area contributed by atoms with Crippen LogP contribution in [-0.4, -0.2) is 18.5 Å². The van der Waals surface area contributed by atoms with Gasteiger partial charge in [-0.3, -0.25) is 4.79 Å². The summed E-state index contributed by atoms with van der Waals surface area (Å²) < 4.78 is 0. The largest absolute Gasteiger partial charge is 0.349 e. The van der Waals surface area contributed by atoms with Crippen LogP contribution >= 0.6 is 0 Å². The lowest BCUT2D eigenvalue weighted by Gasteiger charge is -2.18. The molecule has 1 aliphatic carbocycles. The van der Waals surface area contributed by atoms with E-state index in [0.29, 0.717) is 6.04 Å². The van der Waals surface area contributed by atoms with E-state index in [0.717, 1.165) is 37.9 Å². The van der Waals surface area contributed by atoms with Gasteiger partial charge in [0.15, 0.2) is 0 Å². The second kappa shape index (κ2) is 5.11. The summed E-state index contributed by atoms with van der Waals surface area (Å²) in [6, 6.07) is 6.51. The van der Waals surface area contributed by atoms with E-state index < -0.39 is 0 Å². The van der Waals surface area contributed by atoms with Gasteiger partial charge >= 0.3 is 0 Å². The Morgan fingerprint density at radius 1 is 1.22 bits per heavy atom. The highest BCUT2D eigenvalue weighted by atomic mass is 16.1. The fourth-order valence-electron chi connectivity index (χ4n) is 2.96. The Bertz CT molecular complexity index is 450. The lowest BCUT2D eigenvalue weighted by Crippen LogP contribution is -2.33. The molecule has 1 saturated carbocycles. The van der Waals surface area contributed by atoms with E-state index in [2.05, 4.69) is 22.8 Å². The number of hydrogen-bond donors (Lipinski definition) is 2. The van der Waals surface area contributed by atoms with Crippen LogP contribution in [0.1, 0.15) is 47.2 Å². The Kier molecular flexibility index (Phi) is 3.33. The van der Waals surface area contributed by atoms with E-state index >= 15 is 0 Å². The van der Waals surface area contributed by atoms with Crippen molar-refractivity contribution < 1.29 is 4.79 Å². The molecule has 1 fully saturated rings. The molecule has 3 nitrogen and oxygen atoms in total. The third kappa shape index (κ3) is 2.41. The topological polar surface area (TPSA) is 41.1 Å². The van der Waals surface area contributed by atoms with Crippen molar-refractivity contribution in [3.63, 3.8) is 0 Å². The molecule has 0 saturated heterocycles. The van der Waals surface area contributed by atoms with Crippen LogP contribution in [-0.2, 0) is 13.0 Å². The summed E-state index contributed by atoms with van der Waals surface area (Å²) in [6.07, 6.45) is 5.81. The molecule has 0 radical (unpaired) electrons. The molecule has 18 heavy (non-hydrogen) atoms. The van der Waals surface area contributed by atoms with Crippen LogP contribution in [0.4, 0.5) is 0 Å². The second-order valence-electron chi connectivity index (χ2n) is 5.37. The molecule has 1 amide bonds. The molecule has 0 aromatic heterocycles. The first kappa shape index (κ1) is 11.7. The molecular formula is C15H20N2O. The number of nitrogens with one attached hydrogen (secondary N) is 2. The van der Waals surface area contributed by atoms with Crippen molar-refractivity contribution in [1.82, 2.24) is 10.6 Å². The van der Waals surface area contributed by atoms with E-state index in [-0.39, 0.29) is 5.91 Å². The maximum atomic E-state index is 12.2. The summed E-state index contributed by atoms with van der Waals surface area (Å²) in [5.41, 5.74) is 3.48. The highest BCUT2D eigenvalue weighted by Gasteiger charge is 2.18. The molecule has 2 aliphatic rings.